The summed E-state index contributed by atoms with van der Waals surface area (Å²) in [5.74, 6) is 0. The molecule has 0 spiro atoms. The van der Waals surface area contributed by atoms with Crippen molar-refractivity contribution in [2.45, 2.75) is 0 Å². The summed E-state index contributed by atoms with van der Waals surface area (Å²) in [6, 6.07) is 50.1. The normalized spacial score (nSPS) is 11.6. The van der Waals surface area contributed by atoms with Crippen LogP contribution in [0.2, 0.25) is 0 Å². The molecule has 0 aliphatic rings. The SMILES string of the molecule is c1ccc(-c2c3ccccc3c(-c3ccccc3)c3cc(-c4cncc(-n5c6ccccc6c6cnccc65)c4)ccc23)cc1. The molecule has 9 rings (SSSR count). The summed E-state index contributed by atoms with van der Waals surface area (Å²) in [6.07, 6.45) is 7.74. The van der Waals surface area contributed by atoms with Gasteiger partial charge in [-0.25, -0.2) is 0 Å². The molecule has 0 bridgehead atoms. The van der Waals surface area contributed by atoms with Gasteiger partial charge in [0.2, 0.25) is 0 Å². The van der Waals surface area contributed by atoms with E-state index in [2.05, 4.69) is 149 Å². The van der Waals surface area contributed by atoms with Gasteiger partial charge in [-0.3, -0.25) is 9.97 Å². The van der Waals surface area contributed by atoms with E-state index in [1.54, 1.807) is 0 Å². The monoisotopic (exact) mass is 573 g/mol. The van der Waals surface area contributed by atoms with Gasteiger partial charge in [0.15, 0.2) is 0 Å². The number of benzene rings is 6. The summed E-state index contributed by atoms with van der Waals surface area (Å²) in [5, 5.41) is 7.29. The first kappa shape index (κ1) is 25.4. The van der Waals surface area contributed by atoms with Crippen LogP contribution >= 0.6 is 0 Å². The Kier molecular flexibility index (Phi) is 5.82. The minimum absolute atomic E-state index is 1.02. The fourth-order valence-corrected chi connectivity index (χ4v) is 6.99. The van der Waals surface area contributed by atoms with E-state index >= 15 is 0 Å². The second kappa shape index (κ2) is 10.3. The zero-order valence-electron chi connectivity index (χ0n) is 24.4. The summed E-state index contributed by atoms with van der Waals surface area (Å²) in [5.41, 5.74) is 10.4. The van der Waals surface area contributed by atoms with E-state index in [0.717, 1.165) is 33.2 Å². The number of fused-ring (bicyclic) bond motifs is 5. The van der Waals surface area contributed by atoms with Crippen LogP contribution in [0.25, 0.3) is 82.4 Å². The zero-order valence-corrected chi connectivity index (χ0v) is 24.4. The maximum atomic E-state index is 4.77. The molecule has 3 heteroatoms. The number of hydrogen-bond acceptors (Lipinski definition) is 2. The van der Waals surface area contributed by atoms with E-state index in [1.807, 2.05) is 24.8 Å². The zero-order chi connectivity index (χ0) is 29.7. The molecule has 3 heterocycles. The molecule has 3 aromatic heterocycles. The highest BCUT2D eigenvalue weighted by molar-refractivity contribution is 6.22. The Hall–Kier alpha value is -6.06. The van der Waals surface area contributed by atoms with Gasteiger partial charge in [0.05, 0.1) is 22.9 Å². The highest BCUT2D eigenvalue weighted by atomic mass is 15.0. The molecular weight excluding hydrogens is 546 g/mol. The molecule has 0 fully saturated rings. The van der Waals surface area contributed by atoms with E-state index in [4.69, 9.17) is 4.98 Å². The molecule has 0 N–H and O–H groups in total. The van der Waals surface area contributed by atoms with Gasteiger partial charge in [-0.15, -0.1) is 0 Å². The number of rotatable bonds is 4. The average molecular weight is 574 g/mol. The van der Waals surface area contributed by atoms with Crippen LogP contribution in [-0.4, -0.2) is 14.5 Å². The summed E-state index contributed by atoms with van der Waals surface area (Å²) in [7, 11) is 0. The average Bonchev–Trinajstić information content (AvgIpc) is 3.45. The van der Waals surface area contributed by atoms with Crippen LogP contribution in [0.15, 0.2) is 164 Å². The Morgan fingerprint density at radius 1 is 0.356 bits per heavy atom. The minimum Gasteiger partial charge on any atom is -0.308 e. The summed E-state index contributed by atoms with van der Waals surface area (Å²) >= 11 is 0. The molecule has 45 heavy (non-hydrogen) atoms. The second-order valence-corrected chi connectivity index (χ2v) is 11.5. The van der Waals surface area contributed by atoms with Gasteiger partial charge in [-0.05, 0) is 73.6 Å². The standard InChI is InChI=1S/C42H27N3/c1-3-11-28(12-4-1)41-34-16-7-8-17-35(34)42(29-13-5-2-6-14-29)37-24-30(19-20-36(37)41)31-23-32(26-44-25-31)45-39-18-10-9-15-33(39)38-27-43-22-21-40(38)45/h1-27H. The molecule has 0 unspecified atom stereocenters. The lowest BCUT2D eigenvalue weighted by Gasteiger charge is -2.19. The van der Waals surface area contributed by atoms with E-state index in [0.29, 0.717) is 0 Å². The quantitative estimate of drug-likeness (QED) is 0.196. The van der Waals surface area contributed by atoms with Crippen molar-refractivity contribution in [1.29, 1.82) is 0 Å². The first-order valence-corrected chi connectivity index (χ1v) is 15.2. The topological polar surface area (TPSA) is 30.7 Å². The number of hydrogen-bond donors (Lipinski definition) is 0. The predicted molar refractivity (Wildman–Crippen MR) is 188 cm³/mol. The van der Waals surface area contributed by atoms with Gasteiger partial charge in [0, 0.05) is 34.9 Å². The van der Waals surface area contributed by atoms with Crippen LogP contribution in [0.5, 0.6) is 0 Å². The number of para-hydroxylation sites is 1. The third-order valence-corrected chi connectivity index (χ3v) is 8.94. The molecule has 0 aliphatic heterocycles. The largest absolute Gasteiger partial charge is 0.308 e. The number of aromatic nitrogens is 3. The maximum Gasteiger partial charge on any atom is 0.0651 e. The molecule has 6 aromatic carbocycles. The smallest absolute Gasteiger partial charge is 0.0651 e. The van der Waals surface area contributed by atoms with Crippen LogP contribution in [0.1, 0.15) is 0 Å². The van der Waals surface area contributed by atoms with Gasteiger partial charge >= 0.3 is 0 Å². The van der Waals surface area contributed by atoms with Gasteiger partial charge in [-0.1, -0.05) is 115 Å². The van der Waals surface area contributed by atoms with E-state index < -0.39 is 0 Å². The Balaban J connectivity index is 1.32. The molecule has 0 saturated carbocycles. The second-order valence-electron chi connectivity index (χ2n) is 11.5. The molecular formula is C42H27N3. The van der Waals surface area contributed by atoms with Crippen LogP contribution < -0.4 is 0 Å². The van der Waals surface area contributed by atoms with Crippen LogP contribution in [0.3, 0.4) is 0 Å². The minimum atomic E-state index is 1.02. The van der Waals surface area contributed by atoms with E-state index in [9.17, 15) is 0 Å². The fourth-order valence-electron chi connectivity index (χ4n) is 6.99. The van der Waals surface area contributed by atoms with Crippen LogP contribution in [-0.2, 0) is 0 Å². The van der Waals surface area contributed by atoms with E-state index in [-0.39, 0.29) is 0 Å². The van der Waals surface area contributed by atoms with Crippen molar-refractivity contribution in [2.75, 3.05) is 0 Å². The van der Waals surface area contributed by atoms with Gasteiger partial charge in [-0.2, -0.15) is 0 Å². The maximum absolute atomic E-state index is 4.77. The highest BCUT2D eigenvalue weighted by Crippen LogP contribution is 2.44. The van der Waals surface area contributed by atoms with E-state index in [1.165, 1.54) is 49.2 Å². The summed E-state index contributed by atoms with van der Waals surface area (Å²) < 4.78 is 2.29. The van der Waals surface area contributed by atoms with Crippen molar-refractivity contribution in [3.8, 4) is 39.1 Å². The lowest BCUT2D eigenvalue weighted by atomic mass is 9.85. The highest BCUT2D eigenvalue weighted by Gasteiger charge is 2.18. The fraction of sp³-hybridized carbons (Fsp3) is 0. The Bertz CT molecular complexity index is 2480. The van der Waals surface area contributed by atoms with Crippen LogP contribution in [0.4, 0.5) is 0 Å². The van der Waals surface area contributed by atoms with Gasteiger partial charge in [0.1, 0.15) is 0 Å². The molecule has 0 aliphatic carbocycles. The van der Waals surface area contributed by atoms with Crippen molar-refractivity contribution in [1.82, 2.24) is 14.5 Å². The number of pyridine rings is 2. The molecule has 0 amide bonds. The Morgan fingerprint density at radius 2 is 0.956 bits per heavy atom. The summed E-state index contributed by atoms with van der Waals surface area (Å²) in [6.45, 7) is 0. The predicted octanol–water partition coefficient (Wildman–Crippen LogP) is 10.9. The van der Waals surface area contributed by atoms with Crippen molar-refractivity contribution in [3.63, 3.8) is 0 Å². The lowest BCUT2D eigenvalue weighted by Crippen LogP contribution is -1.96. The van der Waals surface area contributed by atoms with Gasteiger partial charge < -0.3 is 4.57 Å². The first-order valence-electron chi connectivity index (χ1n) is 15.2. The third kappa shape index (κ3) is 4.05. The van der Waals surface area contributed by atoms with Crippen LogP contribution in [0, 0.1) is 0 Å². The Morgan fingerprint density at radius 3 is 1.69 bits per heavy atom. The van der Waals surface area contributed by atoms with Crippen molar-refractivity contribution >= 4 is 43.4 Å². The van der Waals surface area contributed by atoms with Gasteiger partial charge in [0.25, 0.3) is 0 Å². The Labute approximate surface area is 260 Å². The molecule has 0 radical (unpaired) electrons. The molecule has 0 saturated heterocycles. The molecule has 3 nitrogen and oxygen atoms in total. The van der Waals surface area contributed by atoms with Crippen molar-refractivity contribution < 1.29 is 0 Å². The van der Waals surface area contributed by atoms with Crippen molar-refractivity contribution in [2.24, 2.45) is 0 Å². The number of nitrogens with zero attached hydrogens (tertiary/aromatic N) is 3. The third-order valence-electron chi connectivity index (χ3n) is 8.94. The first-order chi connectivity index (χ1) is 22.3. The lowest BCUT2D eigenvalue weighted by molar-refractivity contribution is 1.14. The van der Waals surface area contributed by atoms with Crippen molar-refractivity contribution in [3.05, 3.63) is 164 Å². The summed E-state index contributed by atoms with van der Waals surface area (Å²) in [4.78, 5) is 9.19. The molecule has 210 valence electrons. The molecule has 0 atom stereocenters. The molecule has 9 aromatic rings.